The highest BCUT2D eigenvalue weighted by molar-refractivity contribution is 5.95. The summed E-state index contributed by atoms with van der Waals surface area (Å²) in [5.74, 6) is 1.48. The van der Waals surface area contributed by atoms with E-state index >= 15 is 0 Å². The second-order valence-corrected chi connectivity index (χ2v) is 9.58. The third kappa shape index (κ3) is 3.93. The highest BCUT2D eigenvalue weighted by atomic mass is 16.6. The summed E-state index contributed by atoms with van der Waals surface area (Å²) in [7, 11) is 0. The molecule has 2 N–H and O–H groups in total. The summed E-state index contributed by atoms with van der Waals surface area (Å²) in [4.78, 5) is 30.9. The van der Waals surface area contributed by atoms with Gasteiger partial charge in [0.05, 0.1) is 5.56 Å². The molecule has 1 saturated heterocycles. The monoisotopic (exact) mass is 386 g/mol. The van der Waals surface area contributed by atoms with Gasteiger partial charge in [0, 0.05) is 37.8 Å². The number of ether oxygens (including phenoxy) is 1. The molecule has 3 heterocycles. The van der Waals surface area contributed by atoms with Crippen LogP contribution in [0.4, 0.5) is 10.6 Å². The first kappa shape index (κ1) is 19.0. The fourth-order valence-corrected chi connectivity index (χ4v) is 4.66. The van der Waals surface area contributed by atoms with Crippen LogP contribution in [0.2, 0.25) is 0 Å². The molecule has 152 valence electrons. The molecule has 1 aliphatic carbocycles. The Balaban J connectivity index is 1.22. The number of likely N-dealkylation sites (tertiary alicyclic amines) is 1. The van der Waals surface area contributed by atoms with Crippen molar-refractivity contribution in [3.8, 4) is 0 Å². The Morgan fingerprint density at radius 2 is 2.11 bits per heavy atom. The van der Waals surface area contributed by atoms with Gasteiger partial charge >= 0.3 is 6.09 Å². The number of amides is 2. The Morgan fingerprint density at radius 1 is 1.36 bits per heavy atom. The van der Waals surface area contributed by atoms with E-state index in [0.717, 1.165) is 56.7 Å². The lowest BCUT2D eigenvalue weighted by Gasteiger charge is -2.59. The predicted molar refractivity (Wildman–Crippen MR) is 106 cm³/mol. The lowest BCUT2D eigenvalue weighted by Crippen LogP contribution is -2.64. The van der Waals surface area contributed by atoms with Crippen LogP contribution in [0.1, 0.15) is 56.0 Å². The van der Waals surface area contributed by atoms with Crippen molar-refractivity contribution in [3.63, 3.8) is 0 Å². The number of pyridine rings is 1. The molecule has 0 aromatic carbocycles. The minimum atomic E-state index is -0.471. The second-order valence-electron chi connectivity index (χ2n) is 9.58. The van der Waals surface area contributed by atoms with Crippen molar-refractivity contribution in [1.82, 2.24) is 15.2 Å². The molecule has 3 aliphatic rings. The van der Waals surface area contributed by atoms with Crippen molar-refractivity contribution in [3.05, 3.63) is 23.4 Å². The number of alkyl carbamates (subject to hydrolysis) is 1. The number of anilines is 1. The van der Waals surface area contributed by atoms with Crippen LogP contribution in [0.25, 0.3) is 0 Å². The summed E-state index contributed by atoms with van der Waals surface area (Å²) in [5, 5.41) is 6.14. The van der Waals surface area contributed by atoms with E-state index in [0.29, 0.717) is 18.0 Å². The fourth-order valence-electron chi connectivity index (χ4n) is 4.66. The van der Waals surface area contributed by atoms with Crippen LogP contribution in [-0.4, -0.2) is 53.7 Å². The van der Waals surface area contributed by atoms with Gasteiger partial charge in [-0.25, -0.2) is 9.78 Å². The van der Waals surface area contributed by atoms with Gasteiger partial charge in [0.1, 0.15) is 11.4 Å². The maximum atomic E-state index is 12.8. The standard InChI is InChI=1S/C21H30N4O3/c1-20(2,3)28-19(27)24-10-14-8-21(9-14)12-25(13-21)18(26)16-7-15-5-4-6-22-17(15)23-11-16/h7,11,14H,4-6,8-10,12-13H2,1-3H3,(H,22,23)(H,24,27). The van der Waals surface area contributed by atoms with E-state index in [1.807, 2.05) is 31.7 Å². The molecular weight excluding hydrogens is 356 g/mol. The first-order valence-electron chi connectivity index (χ1n) is 10.2. The summed E-state index contributed by atoms with van der Waals surface area (Å²) >= 11 is 0. The van der Waals surface area contributed by atoms with Gasteiger partial charge in [-0.2, -0.15) is 0 Å². The van der Waals surface area contributed by atoms with Crippen molar-refractivity contribution in [2.45, 2.75) is 52.1 Å². The molecule has 0 bridgehead atoms. The van der Waals surface area contributed by atoms with E-state index in [4.69, 9.17) is 4.74 Å². The molecule has 2 amide bonds. The van der Waals surface area contributed by atoms with Crippen LogP contribution in [0.5, 0.6) is 0 Å². The number of carbonyl (C=O) groups is 2. The van der Waals surface area contributed by atoms with Crippen LogP contribution in [0.15, 0.2) is 12.3 Å². The van der Waals surface area contributed by atoms with Crippen LogP contribution in [0, 0.1) is 11.3 Å². The second kappa shape index (κ2) is 6.94. The molecule has 1 aromatic rings. The molecule has 2 fully saturated rings. The first-order chi connectivity index (χ1) is 13.2. The van der Waals surface area contributed by atoms with E-state index < -0.39 is 5.60 Å². The van der Waals surface area contributed by atoms with E-state index in [1.165, 1.54) is 0 Å². The van der Waals surface area contributed by atoms with E-state index in [2.05, 4.69) is 15.6 Å². The minimum absolute atomic E-state index is 0.0850. The number of aromatic nitrogens is 1. The highest BCUT2D eigenvalue weighted by Crippen LogP contribution is 2.51. The van der Waals surface area contributed by atoms with E-state index in [-0.39, 0.29) is 17.4 Å². The zero-order valence-corrected chi connectivity index (χ0v) is 17.0. The maximum Gasteiger partial charge on any atom is 0.407 e. The summed E-state index contributed by atoms with van der Waals surface area (Å²) in [6.07, 6.45) is 5.51. The zero-order chi connectivity index (χ0) is 19.9. The van der Waals surface area contributed by atoms with Crippen molar-refractivity contribution >= 4 is 17.8 Å². The molecular formula is C21H30N4O3. The molecule has 0 radical (unpaired) electrons. The SMILES string of the molecule is CC(C)(C)OC(=O)NCC1CC2(C1)CN(C(=O)c1cnc3c(c1)CCCN3)C2. The number of hydrogen-bond donors (Lipinski definition) is 2. The lowest BCUT2D eigenvalue weighted by atomic mass is 9.57. The molecule has 1 spiro atoms. The van der Waals surface area contributed by atoms with Crippen LogP contribution >= 0.6 is 0 Å². The van der Waals surface area contributed by atoms with Crippen molar-refractivity contribution < 1.29 is 14.3 Å². The maximum absolute atomic E-state index is 12.8. The average molecular weight is 386 g/mol. The molecule has 4 rings (SSSR count). The van der Waals surface area contributed by atoms with Gasteiger partial charge in [-0.3, -0.25) is 4.79 Å². The number of rotatable bonds is 3. The van der Waals surface area contributed by atoms with Gasteiger partial charge in [-0.1, -0.05) is 0 Å². The summed E-state index contributed by atoms with van der Waals surface area (Å²) in [6, 6.07) is 2.00. The van der Waals surface area contributed by atoms with E-state index in [9.17, 15) is 9.59 Å². The topological polar surface area (TPSA) is 83.6 Å². The van der Waals surface area contributed by atoms with Crippen LogP contribution in [0.3, 0.4) is 0 Å². The Hall–Kier alpha value is -2.31. The van der Waals surface area contributed by atoms with Crippen LogP contribution in [-0.2, 0) is 11.2 Å². The average Bonchev–Trinajstić information content (AvgIpc) is 2.56. The highest BCUT2D eigenvalue weighted by Gasteiger charge is 2.53. The minimum Gasteiger partial charge on any atom is -0.444 e. The van der Waals surface area contributed by atoms with Crippen molar-refractivity contribution in [1.29, 1.82) is 0 Å². The normalized spacial score (nSPS) is 20.5. The van der Waals surface area contributed by atoms with Crippen LogP contribution < -0.4 is 10.6 Å². The number of nitrogens with zero attached hydrogens (tertiary/aromatic N) is 2. The molecule has 0 unspecified atom stereocenters. The van der Waals surface area contributed by atoms with E-state index in [1.54, 1.807) is 6.20 Å². The Kier molecular flexibility index (Phi) is 4.71. The summed E-state index contributed by atoms with van der Waals surface area (Å²) < 4.78 is 5.27. The third-order valence-corrected chi connectivity index (χ3v) is 5.85. The molecule has 0 atom stereocenters. The van der Waals surface area contributed by atoms with Crippen molar-refractivity contribution in [2.75, 3.05) is 31.5 Å². The van der Waals surface area contributed by atoms with Crippen molar-refractivity contribution in [2.24, 2.45) is 11.3 Å². The number of fused-ring (bicyclic) bond motifs is 1. The van der Waals surface area contributed by atoms with Gasteiger partial charge in [-0.05, 0) is 64.0 Å². The summed E-state index contributed by atoms with van der Waals surface area (Å²) in [6.45, 7) is 8.80. The Morgan fingerprint density at radius 3 is 2.82 bits per heavy atom. The summed E-state index contributed by atoms with van der Waals surface area (Å²) in [5.41, 5.74) is 1.62. The Bertz CT molecular complexity index is 772. The Labute approximate surface area is 166 Å². The van der Waals surface area contributed by atoms with Gasteiger partial charge in [0.25, 0.3) is 5.91 Å². The predicted octanol–water partition coefficient (Wildman–Crippen LogP) is 2.82. The van der Waals surface area contributed by atoms with Gasteiger partial charge in [0.2, 0.25) is 0 Å². The van der Waals surface area contributed by atoms with Gasteiger partial charge in [-0.15, -0.1) is 0 Å². The third-order valence-electron chi connectivity index (χ3n) is 5.85. The number of nitrogens with one attached hydrogen (secondary N) is 2. The quantitative estimate of drug-likeness (QED) is 0.835. The molecule has 2 aliphatic heterocycles. The first-order valence-corrected chi connectivity index (χ1v) is 10.2. The molecule has 1 aromatic heterocycles. The fraction of sp³-hybridized carbons (Fsp3) is 0.667. The largest absolute Gasteiger partial charge is 0.444 e. The lowest BCUT2D eigenvalue weighted by molar-refractivity contribution is -0.0755. The van der Waals surface area contributed by atoms with Gasteiger partial charge < -0.3 is 20.3 Å². The smallest absolute Gasteiger partial charge is 0.407 e. The number of hydrogen-bond acceptors (Lipinski definition) is 5. The number of aryl methyl sites for hydroxylation is 1. The molecule has 28 heavy (non-hydrogen) atoms. The molecule has 7 heteroatoms. The molecule has 1 saturated carbocycles. The zero-order valence-electron chi connectivity index (χ0n) is 17.0. The van der Waals surface area contributed by atoms with Gasteiger partial charge in [0.15, 0.2) is 0 Å². The molecule has 7 nitrogen and oxygen atoms in total. The number of carbonyl (C=O) groups excluding carboxylic acids is 2.